The summed E-state index contributed by atoms with van der Waals surface area (Å²) in [6.07, 6.45) is 1.80. The van der Waals surface area contributed by atoms with Crippen molar-refractivity contribution >= 4 is 29.0 Å². The summed E-state index contributed by atoms with van der Waals surface area (Å²) >= 11 is 6.18. The topological polar surface area (TPSA) is 99.9 Å². The van der Waals surface area contributed by atoms with Crippen LogP contribution >= 0.6 is 11.6 Å². The van der Waals surface area contributed by atoms with Gasteiger partial charge in [0.15, 0.2) is 5.96 Å². The molecular weight excluding hydrogens is 354 g/mol. The third kappa shape index (κ3) is 3.50. The number of hydrogen-bond donors (Lipinski definition) is 2. The van der Waals surface area contributed by atoms with Crippen molar-refractivity contribution in [3.05, 3.63) is 64.2 Å². The molecule has 0 bridgehead atoms. The SMILES string of the molecule is COc1ccc(Cl)cc1C1=CC(C)Oc2ccc(C(=O)N=C(N)N)cc21. The highest BCUT2D eigenvalue weighted by molar-refractivity contribution is 6.30. The van der Waals surface area contributed by atoms with E-state index in [1.54, 1.807) is 37.4 Å². The summed E-state index contributed by atoms with van der Waals surface area (Å²) < 4.78 is 11.3. The molecule has 0 spiro atoms. The number of rotatable bonds is 3. The Morgan fingerprint density at radius 1 is 1.19 bits per heavy atom. The summed E-state index contributed by atoms with van der Waals surface area (Å²) in [6, 6.07) is 10.4. The number of carbonyl (C=O) groups excluding carboxylic acids is 1. The number of nitrogens with zero attached hydrogens (tertiary/aromatic N) is 1. The van der Waals surface area contributed by atoms with E-state index in [1.807, 2.05) is 19.1 Å². The predicted molar refractivity (Wildman–Crippen MR) is 102 cm³/mol. The van der Waals surface area contributed by atoms with Crippen LogP contribution in [0.15, 0.2) is 47.5 Å². The molecule has 1 unspecified atom stereocenters. The Balaban J connectivity index is 2.16. The van der Waals surface area contributed by atoms with Crippen molar-refractivity contribution < 1.29 is 14.3 Å². The van der Waals surface area contributed by atoms with Gasteiger partial charge in [0.25, 0.3) is 5.91 Å². The lowest BCUT2D eigenvalue weighted by Crippen LogP contribution is -2.24. The van der Waals surface area contributed by atoms with Gasteiger partial charge in [-0.25, -0.2) is 0 Å². The molecule has 1 aliphatic rings. The summed E-state index contributed by atoms with van der Waals surface area (Å²) in [6.45, 7) is 1.93. The van der Waals surface area contributed by atoms with Crippen LogP contribution in [0.2, 0.25) is 5.02 Å². The second-order valence-electron chi connectivity index (χ2n) is 5.80. The molecule has 6 nitrogen and oxygen atoms in total. The fourth-order valence-electron chi connectivity index (χ4n) is 2.84. The highest BCUT2D eigenvalue weighted by Gasteiger charge is 2.23. The molecule has 1 amide bonds. The van der Waals surface area contributed by atoms with E-state index in [-0.39, 0.29) is 12.1 Å². The number of ether oxygens (including phenoxy) is 2. The number of aliphatic imine (C=N–C) groups is 1. The van der Waals surface area contributed by atoms with Crippen LogP contribution in [0.4, 0.5) is 0 Å². The van der Waals surface area contributed by atoms with Gasteiger partial charge < -0.3 is 20.9 Å². The highest BCUT2D eigenvalue weighted by Crippen LogP contribution is 2.40. The molecule has 0 aromatic heterocycles. The van der Waals surface area contributed by atoms with Crippen molar-refractivity contribution in [3.63, 3.8) is 0 Å². The Bertz CT molecular complexity index is 934. The number of fused-ring (bicyclic) bond motifs is 1. The lowest BCUT2D eigenvalue weighted by Gasteiger charge is -2.25. The maximum Gasteiger partial charge on any atom is 0.280 e. The normalized spacial score (nSPS) is 15.3. The lowest BCUT2D eigenvalue weighted by molar-refractivity contribution is 0.100. The number of carbonyl (C=O) groups is 1. The highest BCUT2D eigenvalue weighted by atomic mass is 35.5. The largest absolute Gasteiger partial charge is 0.496 e. The Morgan fingerprint density at radius 3 is 2.65 bits per heavy atom. The van der Waals surface area contributed by atoms with Crippen molar-refractivity contribution in [2.24, 2.45) is 16.5 Å². The molecular formula is C19H18ClN3O3. The number of benzene rings is 2. The Morgan fingerprint density at radius 2 is 1.96 bits per heavy atom. The smallest absolute Gasteiger partial charge is 0.280 e. The first-order valence-corrected chi connectivity index (χ1v) is 8.27. The molecule has 134 valence electrons. The summed E-state index contributed by atoms with van der Waals surface area (Å²) in [5, 5.41) is 0.579. The van der Waals surface area contributed by atoms with Gasteiger partial charge in [-0.1, -0.05) is 11.6 Å². The van der Waals surface area contributed by atoms with Crippen LogP contribution in [0.25, 0.3) is 5.57 Å². The minimum atomic E-state index is -0.524. The van der Waals surface area contributed by atoms with Crippen LogP contribution in [0.3, 0.4) is 0 Å². The van der Waals surface area contributed by atoms with E-state index >= 15 is 0 Å². The molecule has 2 aromatic rings. The van der Waals surface area contributed by atoms with Crippen molar-refractivity contribution in [1.29, 1.82) is 0 Å². The van der Waals surface area contributed by atoms with Crippen LogP contribution in [-0.4, -0.2) is 25.1 Å². The second-order valence-corrected chi connectivity index (χ2v) is 6.24. The fraction of sp³-hybridized carbons (Fsp3) is 0.158. The van der Waals surface area contributed by atoms with E-state index in [1.165, 1.54) is 0 Å². The number of methoxy groups -OCH3 is 1. The van der Waals surface area contributed by atoms with Gasteiger partial charge in [-0.3, -0.25) is 4.79 Å². The molecule has 0 radical (unpaired) electrons. The lowest BCUT2D eigenvalue weighted by atomic mass is 9.92. The van der Waals surface area contributed by atoms with E-state index in [0.717, 1.165) is 16.7 Å². The van der Waals surface area contributed by atoms with Crippen molar-refractivity contribution in [2.75, 3.05) is 7.11 Å². The van der Waals surface area contributed by atoms with Gasteiger partial charge in [-0.15, -0.1) is 0 Å². The first kappa shape index (κ1) is 17.8. The molecule has 2 aromatic carbocycles. The van der Waals surface area contributed by atoms with Gasteiger partial charge in [-0.2, -0.15) is 4.99 Å². The van der Waals surface area contributed by atoms with Crippen molar-refractivity contribution in [2.45, 2.75) is 13.0 Å². The molecule has 7 heteroatoms. The molecule has 0 saturated carbocycles. The number of guanidine groups is 1. The molecule has 1 atom stereocenters. The minimum absolute atomic E-state index is 0.152. The third-order valence-electron chi connectivity index (χ3n) is 3.91. The van der Waals surface area contributed by atoms with Crippen LogP contribution in [0.1, 0.15) is 28.4 Å². The first-order valence-electron chi connectivity index (χ1n) is 7.90. The molecule has 1 aliphatic heterocycles. The van der Waals surface area contributed by atoms with Crippen LogP contribution in [0, 0.1) is 0 Å². The maximum absolute atomic E-state index is 12.2. The van der Waals surface area contributed by atoms with Gasteiger partial charge in [0, 0.05) is 21.7 Å². The minimum Gasteiger partial charge on any atom is -0.496 e. The average molecular weight is 372 g/mol. The monoisotopic (exact) mass is 371 g/mol. The van der Waals surface area contributed by atoms with Crippen molar-refractivity contribution in [3.8, 4) is 11.5 Å². The van der Waals surface area contributed by atoms with E-state index in [2.05, 4.69) is 4.99 Å². The Hall–Kier alpha value is -2.99. The van der Waals surface area contributed by atoms with E-state index in [9.17, 15) is 4.79 Å². The molecule has 0 aliphatic carbocycles. The Kier molecular flexibility index (Phi) is 4.86. The van der Waals surface area contributed by atoms with Crippen LogP contribution in [0.5, 0.6) is 11.5 Å². The van der Waals surface area contributed by atoms with Crippen LogP contribution in [-0.2, 0) is 0 Å². The van der Waals surface area contributed by atoms with Gasteiger partial charge in [0.1, 0.15) is 17.6 Å². The van der Waals surface area contributed by atoms with E-state index in [0.29, 0.717) is 22.1 Å². The van der Waals surface area contributed by atoms with E-state index < -0.39 is 5.91 Å². The third-order valence-corrected chi connectivity index (χ3v) is 4.15. The van der Waals surface area contributed by atoms with E-state index in [4.69, 9.17) is 32.5 Å². The number of hydrogen-bond acceptors (Lipinski definition) is 3. The quantitative estimate of drug-likeness (QED) is 0.638. The zero-order valence-electron chi connectivity index (χ0n) is 14.3. The first-order chi connectivity index (χ1) is 12.4. The fourth-order valence-corrected chi connectivity index (χ4v) is 3.01. The van der Waals surface area contributed by atoms with Crippen LogP contribution < -0.4 is 20.9 Å². The average Bonchev–Trinajstić information content (AvgIpc) is 2.60. The van der Waals surface area contributed by atoms with Crippen molar-refractivity contribution in [1.82, 2.24) is 0 Å². The molecule has 0 saturated heterocycles. The molecule has 4 N–H and O–H groups in total. The summed E-state index contributed by atoms with van der Waals surface area (Å²) in [5.74, 6) is 0.508. The molecule has 3 rings (SSSR count). The summed E-state index contributed by atoms with van der Waals surface area (Å²) in [4.78, 5) is 15.8. The number of amides is 1. The molecule has 1 heterocycles. The molecule has 26 heavy (non-hydrogen) atoms. The zero-order chi connectivity index (χ0) is 18.8. The Labute approximate surface area is 156 Å². The molecule has 0 fully saturated rings. The standard InChI is InChI=1S/C19H18ClN3O3/c1-10-7-13(15-9-12(20)4-6-16(15)25-2)14-8-11(3-5-17(14)26-10)18(24)23-19(21)22/h3-10H,1-2H3,(H4,21,22,23,24). The maximum atomic E-state index is 12.2. The second kappa shape index (κ2) is 7.09. The van der Waals surface area contributed by atoms with Gasteiger partial charge >= 0.3 is 0 Å². The number of nitrogens with two attached hydrogens (primary N) is 2. The predicted octanol–water partition coefficient (Wildman–Crippen LogP) is 2.97. The summed E-state index contributed by atoms with van der Waals surface area (Å²) in [7, 11) is 1.59. The van der Waals surface area contributed by atoms with Gasteiger partial charge in [-0.05, 0) is 55.0 Å². The summed E-state index contributed by atoms with van der Waals surface area (Å²) in [5.41, 5.74) is 13.4. The number of halogens is 1. The van der Waals surface area contributed by atoms with Gasteiger partial charge in [0.05, 0.1) is 7.11 Å². The zero-order valence-corrected chi connectivity index (χ0v) is 15.1. The van der Waals surface area contributed by atoms with Gasteiger partial charge in [0.2, 0.25) is 0 Å².